The number of benzene rings is 2. The Kier molecular flexibility index (Phi) is 6.69. The van der Waals surface area contributed by atoms with Crippen LogP contribution in [-0.2, 0) is 23.1 Å². The molecule has 2 heterocycles. The van der Waals surface area contributed by atoms with E-state index >= 15 is 0 Å². The normalized spacial score (nSPS) is 11.7. The van der Waals surface area contributed by atoms with Gasteiger partial charge in [-0.1, -0.05) is 24.3 Å². The SMILES string of the molecule is Cc1nc2ccccc2n1CCCNC(=O)c1cccc(S(=O)(=O)NCc2cccs2)c1. The molecule has 0 aliphatic heterocycles. The van der Waals surface area contributed by atoms with Crippen LogP contribution in [0.2, 0.25) is 0 Å². The number of imidazole rings is 1. The number of amides is 1. The van der Waals surface area contributed by atoms with Crippen LogP contribution in [0.3, 0.4) is 0 Å². The molecule has 9 heteroatoms. The van der Waals surface area contributed by atoms with Crippen LogP contribution in [-0.4, -0.2) is 30.4 Å². The van der Waals surface area contributed by atoms with E-state index in [1.165, 1.54) is 23.5 Å². The first-order chi connectivity index (χ1) is 15.4. The van der Waals surface area contributed by atoms with E-state index in [1.54, 1.807) is 12.1 Å². The largest absolute Gasteiger partial charge is 0.352 e. The minimum atomic E-state index is -3.71. The van der Waals surface area contributed by atoms with Gasteiger partial charge in [-0.25, -0.2) is 18.1 Å². The summed E-state index contributed by atoms with van der Waals surface area (Å²) in [5, 5.41) is 4.77. The van der Waals surface area contributed by atoms with E-state index in [9.17, 15) is 13.2 Å². The fourth-order valence-electron chi connectivity index (χ4n) is 3.49. The van der Waals surface area contributed by atoms with Gasteiger partial charge in [0.25, 0.3) is 5.91 Å². The Balaban J connectivity index is 1.34. The number of sulfonamides is 1. The second-order valence-corrected chi connectivity index (χ2v) is 10.1. The third-order valence-corrected chi connectivity index (χ3v) is 7.39. The molecular weight excluding hydrogens is 444 g/mol. The molecule has 0 aliphatic rings. The maximum Gasteiger partial charge on any atom is 0.251 e. The van der Waals surface area contributed by atoms with Crippen LogP contribution in [0.25, 0.3) is 11.0 Å². The van der Waals surface area contributed by atoms with E-state index in [2.05, 4.69) is 19.6 Å². The van der Waals surface area contributed by atoms with Gasteiger partial charge in [-0.3, -0.25) is 4.79 Å². The summed E-state index contributed by atoms with van der Waals surface area (Å²) < 4.78 is 29.9. The molecule has 0 radical (unpaired) electrons. The molecule has 0 unspecified atom stereocenters. The highest BCUT2D eigenvalue weighted by Gasteiger charge is 2.16. The number of hydrogen-bond donors (Lipinski definition) is 2. The number of hydrogen-bond acceptors (Lipinski definition) is 5. The van der Waals surface area contributed by atoms with E-state index < -0.39 is 10.0 Å². The monoisotopic (exact) mass is 468 g/mol. The molecule has 4 rings (SSSR count). The molecule has 4 aromatic rings. The Hall–Kier alpha value is -3.01. The van der Waals surface area contributed by atoms with Crippen molar-refractivity contribution in [2.45, 2.75) is 31.3 Å². The van der Waals surface area contributed by atoms with Crippen molar-refractivity contribution < 1.29 is 13.2 Å². The number of rotatable bonds is 9. The highest BCUT2D eigenvalue weighted by atomic mass is 32.2. The van der Waals surface area contributed by atoms with Gasteiger partial charge < -0.3 is 9.88 Å². The predicted octanol–water partition coefficient (Wildman–Crippen LogP) is 3.70. The lowest BCUT2D eigenvalue weighted by molar-refractivity contribution is 0.0952. The van der Waals surface area contributed by atoms with E-state index in [0.717, 1.165) is 34.7 Å². The van der Waals surface area contributed by atoms with Crippen molar-refractivity contribution in [2.75, 3.05) is 6.54 Å². The van der Waals surface area contributed by atoms with Crippen molar-refractivity contribution in [1.82, 2.24) is 19.6 Å². The second kappa shape index (κ2) is 9.64. The van der Waals surface area contributed by atoms with E-state index in [1.807, 2.05) is 48.7 Å². The maximum absolute atomic E-state index is 12.6. The van der Waals surface area contributed by atoms with Gasteiger partial charge in [-0.2, -0.15) is 0 Å². The minimum absolute atomic E-state index is 0.0715. The summed E-state index contributed by atoms with van der Waals surface area (Å²) in [5.41, 5.74) is 2.34. The van der Waals surface area contributed by atoms with Gasteiger partial charge in [0.1, 0.15) is 5.82 Å². The van der Waals surface area contributed by atoms with Crippen molar-refractivity contribution in [1.29, 1.82) is 0 Å². The Labute approximate surface area is 191 Å². The standard InChI is InChI=1S/C23H24N4O3S2/c1-17-26-21-10-2-3-11-22(21)27(17)13-6-12-24-23(28)18-7-4-9-20(15-18)32(29,30)25-16-19-8-5-14-31-19/h2-5,7-11,14-15,25H,6,12-13,16H2,1H3,(H,24,28). The number of aromatic nitrogens is 2. The van der Waals surface area contributed by atoms with Gasteiger partial charge in [-0.15, -0.1) is 11.3 Å². The Bertz CT molecular complexity index is 1330. The summed E-state index contributed by atoms with van der Waals surface area (Å²) in [6.07, 6.45) is 0.729. The van der Waals surface area contributed by atoms with Crippen molar-refractivity contribution >= 4 is 38.3 Å². The molecule has 166 valence electrons. The van der Waals surface area contributed by atoms with E-state index in [-0.39, 0.29) is 17.3 Å². The molecule has 0 atom stereocenters. The third-order valence-electron chi connectivity index (χ3n) is 5.11. The van der Waals surface area contributed by atoms with Gasteiger partial charge in [0.15, 0.2) is 0 Å². The number of para-hydroxylation sites is 2. The number of carbonyl (C=O) groups excluding carboxylic acids is 1. The smallest absolute Gasteiger partial charge is 0.251 e. The molecule has 2 aromatic carbocycles. The third kappa shape index (κ3) is 5.07. The van der Waals surface area contributed by atoms with E-state index in [0.29, 0.717) is 12.1 Å². The fraction of sp³-hybridized carbons (Fsp3) is 0.217. The molecule has 32 heavy (non-hydrogen) atoms. The van der Waals surface area contributed by atoms with Gasteiger partial charge in [-0.05, 0) is 55.1 Å². The summed E-state index contributed by atoms with van der Waals surface area (Å²) in [6, 6.07) is 17.8. The minimum Gasteiger partial charge on any atom is -0.352 e. The first kappa shape index (κ1) is 22.2. The first-order valence-corrected chi connectivity index (χ1v) is 12.6. The average molecular weight is 469 g/mol. The lowest BCUT2D eigenvalue weighted by Crippen LogP contribution is -2.26. The van der Waals surface area contributed by atoms with Crippen LogP contribution in [0.4, 0.5) is 0 Å². The zero-order valence-electron chi connectivity index (χ0n) is 17.6. The Morgan fingerprint density at radius 3 is 2.75 bits per heavy atom. The zero-order valence-corrected chi connectivity index (χ0v) is 19.2. The molecule has 2 aromatic heterocycles. The topological polar surface area (TPSA) is 93.1 Å². The molecule has 0 spiro atoms. The van der Waals surface area contributed by atoms with Crippen molar-refractivity contribution in [3.05, 3.63) is 82.3 Å². The summed E-state index contributed by atoms with van der Waals surface area (Å²) in [7, 11) is -3.71. The van der Waals surface area contributed by atoms with Gasteiger partial charge in [0, 0.05) is 30.1 Å². The first-order valence-electron chi connectivity index (χ1n) is 10.3. The van der Waals surface area contributed by atoms with Crippen molar-refractivity contribution in [2.24, 2.45) is 0 Å². The van der Waals surface area contributed by atoms with Gasteiger partial charge in [0.05, 0.1) is 15.9 Å². The lowest BCUT2D eigenvalue weighted by Gasteiger charge is -2.10. The summed E-state index contributed by atoms with van der Waals surface area (Å²) in [5.74, 6) is 0.637. The highest BCUT2D eigenvalue weighted by molar-refractivity contribution is 7.89. The molecular formula is C23H24N4O3S2. The van der Waals surface area contributed by atoms with Gasteiger partial charge in [0.2, 0.25) is 10.0 Å². The van der Waals surface area contributed by atoms with Crippen LogP contribution in [0, 0.1) is 6.92 Å². The zero-order chi connectivity index (χ0) is 22.6. The predicted molar refractivity (Wildman–Crippen MR) is 126 cm³/mol. The number of nitrogens with one attached hydrogen (secondary N) is 2. The molecule has 7 nitrogen and oxygen atoms in total. The number of aryl methyl sites for hydroxylation is 2. The average Bonchev–Trinajstić information content (AvgIpc) is 3.43. The molecule has 0 bridgehead atoms. The molecule has 2 N–H and O–H groups in total. The summed E-state index contributed by atoms with van der Waals surface area (Å²) in [6.45, 7) is 3.39. The van der Waals surface area contributed by atoms with Crippen LogP contribution in [0.5, 0.6) is 0 Å². The summed E-state index contributed by atoms with van der Waals surface area (Å²) >= 11 is 1.48. The van der Waals surface area contributed by atoms with E-state index in [4.69, 9.17) is 0 Å². The number of carbonyl (C=O) groups is 1. The quantitative estimate of drug-likeness (QED) is 0.366. The number of thiophene rings is 1. The Morgan fingerprint density at radius 1 is 1.09 bits per heavy atom. The molecule has 0 fully saturated rings. The van der Waals surface area contributed by atoms with Crippen LogP contribution >= 0.6 is 11.3 Å². The molecule has 0 saturated carbocycles. The molecule has 1 amide bonds. The second-order valence-electron chi connectivity index (χ2n) is 7.34. The van der Waals surface area contributed by atoms with Crippen LogP contribution in [0.15, 0.2) is 70.9 Å². The maximum atomic E-state index is 12.6. The van der Waals surface area contributed by atoms with Crippen LogP contribution in [0.1, 0.15) is 27.5 Å². The van der Waals surface area contributed by atoms with Crippen LogP contribution < -0.4 is 10.0 Å². The van der Waals surface area contributed by atoms with Gasteiger partial charge >= 0.3 is 0 Å². The highest BCUT2D eigenvalue weighted by Crippen LogP contribution is 2.16. The Morgan fingerprint density at radius 2 is 1.94 bits per heavy atom. The number of nitrogens with zero attached hydrogens (tertiary/aromatic N) is 2. The number of fused-ring (bicyclic) bond motifs is 1. The lowest BCUT2D eigenvalue weighted by atomic mass is 10.2. The molecule has 0 saturated heterocycles. The van der Waals surface area contributed by atoms with Crippen molar-refractivity contribution in [3.8, 4) is 0 Å². The summed E-state index contributed by atoms with van der Waals surface area (Å²) in [4.78, 5) is 18.1. The fourth-order valence-corrected chi connectivity index (χ4v) is 5.27. The van der Waals surface area contributed by atoms with Crippen molar-refractivity contribution in [3.63, 3.8) is 0 Å². The molecule has 0 aliphatic carbocycles.